The van der Waals surface area contributed by atoms with E-state index in [1.54, 1.807) is 4.90 Å². The molecule has 1 fully saturated rings. The van der Waals surface area contributed by atoms with E-state index in [9.17, 15) is 9.59 Å². The van der Waals surface area contributed by atoms with E-state index >= 15 is 0 Å². The maximum Gasteiger partial charge on any atom is 0.260 e. The molecule has 1 N–H and O–H groups in total. The van der Waals surface area contributed by atoms with Gasteiger partial charge >= 0.3 is 0 Å². The number of rotatable bonds is 6. The number of likely N-dealkylation sites (tertiary alicyclic amines) is 1. The van der Waals surface area contributed by atoms with E-state index in [1.165, 1.54) is 5.56 Å². The van der Waals surface area contributed by atoms with Crippen LogP contribution in [0.2, 0.25) is 0 Å². The number of nitrogens with one attached hydrogen (secondary N) is 1. The lowest BCUT2D eigenvalue weighted by atomic mass is 9.97. The minimum absolute atomic E-state index is 0.00149. The predicted molar refractivity (Wildman–Crippen MR) is 106 cm³/mol. The molecule has 2 aromatic carbocycles. The Balaban J connectivity index is 1.50. The number of nitrogens with zero attached hydrogens (tertiary/aromatic N) is 1. The average Bonchev–Trinajstić information content (AvgIpc) is 2.73. The van der Waals surface area contributed by atoms with Crippen LogP contribution in [-0.4, -0.2) is 36.4 Å². The molecule has 1 aliphatic heterocycles. The summed E-state index contributed by atoms with van der Waals surface area (Å²) in [5, 5.41) is 2.93. The van der Waals surface area contributed by atoms with Crippen LogP contribution in [-0.2, 0) is 16.0 Å². The smallest absolute Gasteiger partial charge is 0.260 e. The van der Waals surface area contributed by atoms with Crippen LogP contribution in [0.1, 0.15) is 25.3 Å². The molecule has 0 bridgehead atoms. The fourth-order valence-electron chi connectivity index (χ4n) is 3.24. The molecule has 0 spiro atoms. The molecule has 2 aromatic rings. The van der Waals surface area contributed by atoms with Crippen molar-refractivity contribution in [1.29, 1.82) is 0 Å². The zero-order chi connectivity index (χ0) is 19.1. The molecule has 0 radical (unpaired) electrons. The first-order valence-electron chi connectivity index (χ1n) is 9.51. The van der Waals surface area contributed by atoms with E-state index in [4.69, 9.17) is 4.74 Å². The molecule has 1 unspecified atom stereocenters. The van der Waals surface area contributed by atoms with Gasteiger partial charge in [-0.05, 0) is 49.1 Å². The first-order chi connectivity index (χ1) is 13.2. The summed E-state index contributed by atoms with van der Waals surface area (Å²) >= 11 is 0. The van der Waals surface area contributed by atoms with Crippen LogP contribution in [0.5, 0.6) is 5.75 Å². The molecule has 3 rings (SSSR count). The molecular weight excluding hydrogens is 340 g/mol. The highest BCUT2D eigenvalue weighted by Gasteiger charge is 2.28. The van der Waals surface area contributed by atoms with Crippen molar-refractivity contribution in [3.05, 3.63) is 60.2 Å². The minimum Gasteiger partial charge on any atom is -0.484 e. The van der Waals surface area contributed by atoms with Gasteiger partial charge in [0.25, 0.3) is 5.91 Å². The number of carbonyl (C=O) groups excluding carboxylic acids is 2. The van der Waals surface area contributed by atoms with Gasteiger partial charge in [-0.2, -0.15) is 0 Å². The largest absolute Gasteiger partial charge is 0.484 e. The Morgan fingerprint density at radius 3 is 2.56 bits per heavy atom. The van der Waals surface area contributed by atoms with Crippen LogP contribution >= 0.6 is 0 Å². The number of piperidine rings is 1. The number of hydrogen-bond donors (Lipinski definition) is 1. The number of carbonyl (C=O) groups is 2. The second-order valence-electron chi connectivity index (χ2n) is 6.82. The van der Waals surface area contributed by atoms with Gasteiger partial charge in [0.05, 0.1) is 5.92 Å². The zero-order valence-corrected chi connectivity index (χ0v) is 15.7. The Kier molecular flexibility index (Phi) is 6.47. The Bertz CT molecular complexity index is 759. The predicted octanol–water partition coefficient (Wildman–Crippen LogP) is 3.51. The topological polar surface area (TPSA) is 58.6 Å². The standard InChI is InChI=1S/C22H26N2O3/c1-2-17-10-12-20(13-11-17)27-16-21(25)24-14-6-7-18(15-24)22(26)23-19-8-4-3-5-9-19/h3-5,8-13,18H,2,6-7,14-16H2,1H3,(H,23,26). The van der Waals surface area contributed by atoms with Crippen LogP contribution in [0, 0.1) is 5.92 Å². The van der Waals surface area contributed by atoms with Crippen LogP contribution in [0.15, 0.2) is 54.6 Å². The lowest BCUT2D eigenvalue weighted by molar-refractivity contribution is -0.136. The summed E-state index contributed by atoms with van der Waals surface area (Å²) in [5.41, 5.74) is 2.02. The first kappa shape index (κ1) is 19.0. The second-order valence-corrected chi connectivity index (χ2v) is 6.82. The van der Waals surface area contributed by atoms with E-state index in [0.29, 0.717) is 18.8 Å². The molecule has 2 amide bonds. The van der Waals surface area contributed by atoms with Crippen molar-refractivity contribution >= 4 is 17.5 Å². The fourth-order valence-corrected chi connectivity index (χ4v) is 3.24. The monoisotopic (exact) mass is 366 g/mol. The molecule has 0 saturated carbocycles. The third-order valence-electron chi connectivity index (χ3n) is 4.88. The summed E-state index contributed by atoms with van der Waals surface area (Å²) in [6.45, 7) is 3.21. The van der Waals surface area contributed by atoms with Gasteiger partial charge in [-0.25, -0.2) is 0 Å². The highest BCUT2D eigenvalue weighted by atomic mass is 16.5. The zero-order valence-electron chi connectivity index (χ0n) is 15.7. The maximum absolute atomic E-state index is 12.5. The second kappa shape index (κ2) is 9.21. The number of benzene rings is 2. The van der Waals surface area contributed by atoms with Gasteiger partial charge in [0.15, 0.2) is 6.61 Å². The highest BCUT2D eigenvalue weighted by Crippen LogP contribution is 2.19. The van der Waals surface area contributed by atoms with E-state index in [-0.39, 0.29) is 24.3 Å². The van der Waals surface area contributed by atoms with Gasteiger partial charge in [0.2, 0.25) is 5.91 Å². The molecule has 0 aliphatic carbocycles. The molecule has 5 nitrogen and oxygen atoms in total. The molecule has 0 aromatic heterocycles. The van der Waals surface area contributed by atoms with Crippen LogP contribution < -0.4 is 10.1 Å². The van der Waals surface area contributed by atoms with Crippen molar-refractivity contribution in [2.24, 2.45) is 5.92 Å². The van der Waals surface area contributed by atoms with E-state index in [2.05, 4.69) is 12.2 Å². The van der Waals surface area contributed by atoms with E-state index in [1.807, 2.05) is 54.6 Å². The van der Waals surface area contributed by atoms with Gasteiger partial charge < -0.3 is 15.0 Å². The molecule has 1 heterocycles. The summed E-state index contributed by atoms with van der Waals surface area (Å²) < 4.78 is 5.62. The Labute approximate surface area is 160 Å². The van der Waals surface area contributed by atoms with E-state index < -0.39 is 0 Å². The lowest BCUT2D eigenvalue weighted by Gasteiger charge is -2.32. The van der Waals surface area contributed by atoms with Gasteiger partial charge in [0, 0.05) is 18.8 Å². The van der Waals surface area contributed by atoms with Gasteiger partial charge in [-0.15, -0.1) is 0 Å². The van der Waals surface area contributed by atoms with Gasteiger partial charge in [-0.3, -0.25) is 9.59 Å². The Morgan fingerprint density at radius 2 is 1.85 bits per heavy atom. The van der Waals surface area contributed by atoms with Gasteiger partial charge in [0.1, 0.15) is 5.75 Å². The number of hydrogen-bond acceptors (Lipinski definition) is 3. The number of amides is 2. The molecule has 27 heavy (non-hydrogen) atoms. The first-order valence-corrected chi connectivity index (χ1v) is 9.51. The quantitative estimate of drug-likeness (QED) is 0.851. The molecule has 142 valence electrons. The number of para-hydroxylation sites is 1. The third kappa shape index (κ3) is 5.33. The van der Waals surface area contributed by atoms with Crippen molar-refractivity contribution in [3.63, 3.8) is 0 Å². The van der Waals surface area contributed by atoms with Crippen LogP contribution in [0.3, 0.4) is 0 Å². The molecular formula is C22H26N2O3. The summed E-state index contributed by atoms with van der Waals surface area (Å²) in [6, 6.07) is 17.2. The molecule has 1 saturated heterocycles. The fraction of sp³-hybridized carbons (Fsp3) is 0.364. The van der Waals surface area contributed by atoms with Crippen LogP contribution in [0.4, 0.5) is 5.69 Å². The molecule has 1 aliphatic rings. The van der Waals surface area contributed by atoms with Crippen molar-refractivity contribution < 1.29 is 14.3 Å². The van der Waals surface area contributed by atoms with Crippen molar-refractivity contribution in [1.82, 2.24) is 4.90 Å². The van der Waals surface area contributed by atoms with Gasteiger partial charge in [-0.1, -0.05) is 37.3 Å². The van der Waals surface area contributed by atoms with Crippen LogP contribution in [0.25, 0.3) is 0 Å². The van der Waals surface area contributed by atoms with E-state index in [0.717, 1.165) is 24.9 Å². The third-order valence-corrected chi connectivity index (χ3v) is 4.88. The highest BCUT2D eigenvalue weighted by molar-refractivity contribution is 5.93. The van der Waals surface area contributed by atoms with Crippen molar-refractivity contribution in [2.75, 3.05) is 25.0 Å². The number of aryl methyl sites for hydroxylation is 1. The maximum atomic E-state index is 12.5. The summed E-state index contributed by atoms with van der Waals surface area (Å²) in [5.74, 6) is 0.393. The number of anilines is 1. The number of ether oxygens (including phenoxy) is 1. The van der Waals surface area contributed by atoms with Crippen molar-refractivity contribution in [3.8, 4) is 5.75 Å². The Hall–Kier alpha value is -2.82. The normalized spacial score (nSPS) is 16.6. The lowest BCUT2D eigenvalue weighted by Crippen LogP contribution is -2.45. The summed E-state index contributed by atoms with van der Waals surface area (Å²) in [7, 11) is 0. The molecule has 1 atom stereocenters. The Morgan fingerprint density at radius 1 is 1.11 bits per heavy atom. The van der Waals surface area contributed by atoms with Crippen molar-refractivity contribution in [2.45, 2.75) is 26.2 Å². The molecule has 5 heteroatoms. The summed E-state index contributed by atoms with van der Waals surface area (Å²) in [6.07, 6.45) is 2.59. The average molecular weight is 366 g/mol. The SMILES string of the molecule is CCc1ccc(OCC(=O)N2CCCC(C(=O)Nc3ccccc3)C2)cc1. The minimum atomic E-state index is -0.188. The summed E-state index contributed by atoms with van der Waals surface area (Å²) in [4.78, 5) is 26.7.